The van der Waals surface area contributed by atoms with Crippen molar-refractivity contribution in [3.63, 3.8) is 0 Å². The normalized spacial score (nSPS) is 14.5. The van der Waals surface area contributed by atoms with Gasteiger partial charge in [0.2, 0.25) is 5.91 Å². The molecule has 5 heteroatoms. The Balaban J connectivity index is 2.09. The van der Waals surface area contributed by atoms with Crippen LogP contribution in [0.3, 0.4) is 0 Å². The molecule has 0 aromatic heterocycles. The van der Waals surface area contributed by atoms with Gasteiger partial charge in [0.1, 0.15) is 0 Å². The van der Waals surface area contributed by atoms with E-state index in [1.165, 1.54) is 5.56 Å². The van der Waals surface area contributed by atoms with E-state index in [-0.39, 0.29) is 10.7 Å². The summed E-state index contributed by atoms with van der Waals surface area (Å²) in [6, 6.07) is 4.02. The molecule has 0 saturated heterocycles. The first-order chi connectivity index (χ1) is 10.3. The molecule has 0 atom stereocenters. The third-order valence-corrected chi connectivity index (χ3v) is 4.96. The van der Waals surface area contributed by atoms with Crippen LogP contribution in [0.1, 0.15) is 31.9 Å². The lowest BCUT2D eigenvalue weighted by Crippen LogP contribution is -2.37. The van der Waals surface area contributed by atoms with Crippen LogP contribution in [-0.2, 0) is 17.8 Å². The van der Waals surface area contributed by atoms with Gasteiger partial charge in [-0.3, -0.25) is 4.79 Å². The molecule has 1 aromatic carbocycles. The van der Waals surface area contributed by atoms with Gasteiger partial charge in [-0.1, -0.05) is 20.8 Å². The Morgan fingerprint density at radius 1 is 1.18 bits per heavy atom. The highest BCUT2D eigenvalue weighted by Gasteiger charge is 2.24. The highest BCUT2D eigenvalue weighted by Crippen LogP contribution is 2.33. The number of amides is 1. The van der Waals surface area contributed by atoms with E-state index in [1.807, 2.05) is 17.0 Å². The van der Waals surface area contributed by atoms with Gasteiger partial charge >= 0.3 is 0 Å². The summed E-state index contributed by atoms with van der Waals surface area (Å²) >= 11 is 1.69. The first-order valence-corrected chi connectivity index (χ1v) is 8.48. The zero-order valence-corrected chi connectivity index (χ0v) is 14.9. The summed E-state index contributed by atoms with van der Waals surface area (Å²) in [5, 5.41) is 0. The molecule has 0 N–H and O–H groups in total. The van der Waals surface area contributed by atoms with Crippen LogP contribution in [0.2, 0.25) is 0 Å². The second-order valence-electron chi connectivity index (χ2n) is 6.44. The summed E-state index contributed by atoms with van der Waals surface area (Å²) in [6.07, 6.45) is 0.863. The summed E-state index contributed by atoms with van der Waals surface area (Å²) in [5.74, 6) is 2.22. The van der Waals surface area contributed by atoms with Crippen LogP contribution in [0, 0.1) is 0 Å². The number of ether oxygens (including phenoxy) is 2. The number of carbonyl (C=O) groups is 1. The number of thioether (sulfide) groups is 1. The SMILES string of the molecule is COc1cc2c(cc1OC)CN(C(=O)CSC(C)(C)C)CC2. The van der Waals surface area contributed by atoms with E-state index in [0.717, 1.165) is 30.0 Å². The maximum absolute atomic E-state index is 12.4. The van der Waals surface area contributed by atoms with E-state index in [4.69, 9.17) is 9.47 Å². The number of hydrogen-bond acceptors (Lipinski definition) is 4. The number of rotatable bonds is 4. The molecule has 1 heterocycles. The van der Waals surface area contributed by atoms with Crippen LogP contribution in [-0.4, -0.2) is 42.1 Å². The summed E-state index contributed by atoms with van der Waals surface area (Å²) in [4.78, 5) is 14.3. The molecule has 122 valence electrons. The highest BCUT2D eigenvalue weighted by molar-refractivity contribution is 8.01. The minimum absolute atomic E-state index is 0.111. The highest BCUT2D eigenvalue weighted by atomic mass is 32.2. The molecule has 1 amide bonds. The Hall–Kier alpha value is -1.36. The lowest BCUT2D eigenvalue weighted by molar-refractivity contribution is -0.129. The van der Waals surface area contributed by atoms with Gasteiger partial charge in [-0.05, 0) is 29.7 Å². The van der Waals surface area contributed by atoms with Crippen LogP contribution < -0.4 is 9.47 Å². The summed E-state index contributed by atoms with van der Waals surface area (Å²) in [5.41, 5.74) is 2.39. The van der Waals surface area contributed by atoms with Crippen molar-refractivity contribution in [1.82, 2.24) is 4.90 Å². The quantitative estimate of drug-likeness (QED) is 0.853. The van der Waals surface area contributed by atoms with Crippen molar-refractivity contribution in [2.24, 2.45) is 0 Å². The fourth-order valence-electron chi connectivity index (χ4n) is 2.47. The van der Waals surface area contributed by atoms with Crippen LogP contribution in [0.5, 0.6) is 11.5 Å². The van der Waals surface area contributed by atoms with Crippen molar-refractivity contribution in [1.29, 1.82) is 0 Å². The average Bonchev–Trinajstić information content (AvgIpc) is 2.49. The van der Waals surface area contributed by atoms with Crippen LogP contribution >= 0.6 is 11.8 Å². The van der Waals surface area contributed by atoms with Gasteiger partial charge in [-0.25, -0.2) is 0 Å². The fourth-order valence-corrected chi connectivity index (χ4v) is 3.20. The van der Waals surface area contributed by atoms with Crippen molar-refractivity contribution in [3.8, 4) is 11.5 Å². The molecule has 1 aromatic rings. The number of nitrogens with zero attached hydrogens (tertiary/aromatic N) is 1. The molecule has 22 heavy (non-hydrogen) atoms. The third-order valence-electron chi connectivity index (χ3n) is 3.70. The van der Waals surface area contributed by atoms with E-state index in [0.29, 0.717) is 12.3 Å². The van der Waals surface area contributed by atoms with Crippen LogP contribution in [0.4, 0.5) is 0 Å². The molecule has 2 rings (SSSR count). The molecule has 1 aliphatic rings. The Bertz CT molecular complexity index is 552. The number of benzene rings is 1. The fraction of sp³-hybridized carbons (Fsp3) is 0.588. The van der Waals surface area contributed by atoms with Gasteiger partial charge in [0.15, 0.2) is 11.5 Å². The molecule has 0 bridgehead atoms. The standard InChI is InChI=1S/C17H25NO3S/c1-17(2,3)22-11-16(19)18-7-6-12-8-14(20-4)15(21-5)9-13(12)10-18/h8-9H,6-7,10-11H2,1-5H3. The predicted molar refractivity (Wildman–Crippen MR) is 90.9 cm³/mol. The average molecular weight is 323 g/mol. The molecule has 0 aliphatic carbocycles. The lowest BCUT2D eigenvalue weighted by atomic mass is 9.99. The van der Waals surface area contributed by atoms with Crippen molar-refractivity contribution < 1.29 is 14.3 Å². The predicted octanol–water partition coefficient (Wildman–Crippen LogP) is 3.12. The minimum atomic E-state index is 0.111. The zero-order valence-electron chi connectivity index (χ0n) is 14.1. The Morgan fingerprint density at radius 3 is 2.32 bits per heavy atom. The van der Waals surface area contributed by atoms with E-state index in [9.17, 15) is 4.79 Å². The molecule has 0 radical (unpaired) electrons. The molecule has 0 unspecified atom stereocenters. The first kappa shape index (κ1) is 17.0. The minimum Gasteiger partial charge on any atom is -0.493 e. The van der Waals surface area contributed by atoms with Crippen LogP contribution in [0.15, 0.2) is 12.1 Å². The van der Waals surface area contributed by atoms with Gasteiger partial charge in [0.05, 0.1) is 20.0 Å². The van der Waals surface area contributed by atoms with Gasteiger partial charge in [-0.2, -0.15) is 0 Å². The topological polar surface area (TPSA) is 38.8 Å². The van der Waals surface area contributed by atoms with Gasteiger partial charge in [0.25, 0.3) is 0 Å². The monoisotopic (exact) mass is 323 g/mol. The maximum atomic E-state index is 12.4. The van der Waals surface area contributed by atoms with E-state index in [2.05, 4.69) is 20.8 Å². The number of fused-ring (bicyclic) bond motifs is 1. The summed E-state index contributed by atoms with van der Waals surface area (Å²) < 4.78 is 10.8. The van der Waals surface area contributed by atoms with E-state index >= 15 is 0 Å². The van der Waals surface area contributed by atoms with Gasteiger partial charge in [0, 0.05) is 17.8 Å². The van der Waals surface area contributed by atoms with Crippen LogP contribution in [0.25, 0.3) is 0 Å². The van der Waals surface area contributed by atoms with Gasteiger partial charge in [-0.15, -0.1) is 11.8 Å². The lowest BCUT2D eigenvalue weighted by Gasteiger charge is -2.30. The second-order valence-corrected chi connectivity index (χ2v) is 8.24. The number of carbonyl (C=O) groups excluding carboxylic acids is 1. The molecule has 0 spiro atoms. The molecular weight excluding hydrogens is 298 g/mol. The van der Waals surface area contributed by atoms with Crippen molar-refractivity contribution in [2.75, 3.05) is 26.5 Å². The maximum Gasteiger partial charge on any atom is 0.232 e. The molecule has 0 saturated carbocycles. The number of hydrogen-bond donors (Lipinski definition) is 0. The second kappa shape index (κ2) is 6.82. The molecule has 0 fully saturated rings. The van der Waals surface area contributed by atoms with Crippen molar-refractivity contribution in [3.05, 3.63) is 23.3 Å². The summed E-state index contributed by atoms with van der Waals surface area (Å²) in [6.45, 7) is 7.82. The van der Waals surface area contributed by atoms with Gasteiger partial charge < -0.3 is 14.4 Å². The van der Waals surface area contributed by atoms with E-state index < -0.39 is 0 Å². The molecule has 1 aliphatic heterocycles. The smallest absolute Gasteiger partial charge is 0.232 e. The molecule has 4 nitrogen and oxygen atoms in total. The van der Waals surface area contributed by atoms with E-state index in [1.54, 1.807) is 26.0 Å². The molecular formula is C17H25NO3S. The zero-order chi connectivity index (χ0) is 16.3. The first-order valence-electron chi connectivity index (χ1n) is 7.49. The van der Waals surface area contributed by atoms with Crippen molar-refractivity contribution >= 4 is 17.7 Å². The number of methoxy groups -OCH3 is 2. The third kappa shape index (κ3) is 4.09. The Morgan fingerprint density at radius 2 is 1.77 bits per heavy atom. The Kier molecular flexibility index (Phi) is 5.27. The van der Waals surface area contributed by atoms with Crippen molar-refractivity contribution in [2.45, 2.75) is 38.5 Å². The largest absolute Gasteiger partial charge is 0.493 e. The summed E-state index contributed by atoms with van der Waals surface area (Å²) in [7, 11) is 3.28. The Labute approximate surface area is 137 Å².